The predicted octanol–water partition coefficient (Wildman–Crippen LogP) is 2.32. The summed E-state index contributed by atoms with van der Waals surface area (Å²) in [6.45, 7) is 4.08. The fourth-order valence-corrected chi connectivity index (χ4v) is 3.29. The number of rotatable bonds is 5. The van der Waals surface area contributed by atoms with E-state index < -0.39 is 0 Å². The van der Waals surface area contributed by atoms with E-state index in [1.165, 1.54) is 5.56 Å². The minimum Gasteiger partial charge on any atom is -0.355 e. The van der Waals surface area contributed by atoms with Crippen molar-refractivity contribution in [1.29, 1.82) is 0 Å². The van der Waals surface area contributed by atoms with Crippen molar-refractivity contribution in [2.75, 3.05) is 19.6 Å². The Morgan fingerprint density at radius 3 is 2.59 bits per heavy atom. The first-order valence-electron chi connectivity index (χ1n) is 9.25. The van der Waals surface area contributed by atoms with Crippen molar-refractivity contribution in [2.45, 2.75) is 19.5 Å². The topological polar surface area (TPSA) is 63.1 Å². The van der Waals surface area contributed by atoms with Crippen LogP contribution in [0.25, 0.3) is 11.3 Å². The first-order valence-corrected chi connectivity index (χ1v) is 9.25. The number of amides is 1. The Kier molecular flexibility index (Phi) is 5.25. The van der Waals surface area contributed by atoms with Crippen LogP contribution < -0.4 is 5.32 Å². The molecule has 6 heteroatoms. The van der Waals surface area contributed by atoms with E-state index in [4.69, 9.17) is 0 Å². The first kappa shape index (κ1) is 17.4. The summed E-state index contributed by atoms with van der Waals surface area (Å²) in [4.78, 5) is 22.4. The molecule has 0 unspecified atom stereocenters. The third-order valence-electron chi connectivity index (χ3n) is 4.81. The molecule has 0 atom stereocenters. The molecular weight excluding hydrogens is 338 g/mol. The number of aromatic nitrogens is 3. The molecule has 1 saturated heterocycles. The van der Waals surface area contributed by atoms with Crippen molar-refractivity contribution in [1.82, 2.24) is 24.8 Å². The van der Waals surface area contributed by atoms with Crippen LogP contribution in [0.1, 0.15) is 17.5 Å². The molecular formula is C21H23N5O. The van der Waals surface area contributed by atoms with Gasteiger partial charge >= 0.3 is 0 Å². The van der Waals surface area contributed by atoms with E-state index in [1.807, 2.05) is 23.3 Å². The molecule has 0 radical (unpaired) electrons. The molecule has 0 saturated carbocycles. The number of hydrogen-bond donors (Lipinski definition) is 1. The van der Waals surface area contributed by atoms with Crippen molar-refractivity contribution < 1.29 is 4.79 Å². The van der Waals surface area contributed by atoms with Crippen LogP contribution in [0.3, 0.4) is 0 Å². The number of imidazole rings is 1. The summed E-state index contributed by atoms with van der Waals surface area (Å²) >= 11 is 0. The Labute approximate surface area is 158 Å². The molecule has 1 N–H and O–H groups in total. The largest absolute Gasteiger partial charge is 0.355 e. The van der Waals surface area contributed by atoms with E-state index in [9.17, 15) is 4.79 Å². The Morgan fingerprint density at radius 2 is 1.85 bits per heavy atom. The molecule has 1 aliphatic rings. The van der Waals surface area contributed by atoms with Crippen LogP contribution in [0.5, 0.6) is 0 Å². The van der Waals surface area contributed by atoms with Gasteiger partial charge < -0.3 is 9.88 Å². The van der Waals surface area contributed by atoms with Crippen molar-refractivity contribution in [3.05, 3.63) is 72.4 Å². The van der Waals surface area contributed by atoms with Gasteiger partial charge in [-0.15, -0.1) is 0 Å². The number of pyridine rings is 1. The molecule has 3 heterocycles. The number of benzene rings is 1. The minimum atomic E-state index is 0.149. The lowest BCUT2D eigenvalue weighted by Crippen LogP contribution is -2.28. The Bertz CT molecular complexity index is 872. The van der Waals surface area contributed by atoms with Crippen molar-refractivity contribution in [3.8, 4) is 11.3 Å². The van der Waals surface area contributed by atoms with E-state index in [0.717, 1.165) is 49.5 Å². The van der Waals surface area contributed by atoms with Crippen LogP contribution in [0.2, 0.25) is 0 Å². The fraction of sp³-hybridized carbons (Fsp3) is 0.286. The van der Waals surface area contributed by atoms with Crippen LogP contribution in [0.4, 0.5) is 0 Å². The lowest BCUT2D eigenvalue weighted by Gasteiger charge is -2.19. The zero-order valence-corrected chi connectivity index (χ0v) is 15.2. The SMILES string of the molecule is O=C1CCN(Cc2ccc(-c3ccc(Cn4ccnc4)cn3)cc2)CCN1. The highest BCUT2D eigenvalue weighted by Crippen LogP contribution is 2.19. The summed E-state index contributed by atoms with van der Waals surface area (Å²) in [5, 5.41) is 2.92. The molecule has 138 valence electrons. The third kappa shape index (κ3) is 4.60. The molecule has 4 rings (SSSR count). The van der Waals surface area contributed by atoms with E-state index in [0.29, 0.717) is 6.42 Å². The van der Waals surface area contributed by atoms with Crippen LogP contribution in [0.15, 0.2) is 61.3 Å². The smallest absolute Gasteiger partial charge is 0.221 e. The van der Waals surface area contributed by atoms with Gasteiger partial charge in [0.25, 0.3) is 0 Å². The molecule has 1 fully saturated rings. The molecule has 0 spiro atoms. The maximum atomic E-state index is 11.4. The zero-order valence-electron chi connectivity index (χ0n) is 15.2. The van der Waals surface area contributed by atoms with Gasteiger partial charge in [-0.3, -0.25) is 14.7 Å². The highest BCUT2D eigenvalue weighted by atomic mass is 16.1. The summed E-state index contributed by atoms with van der Waals surface area (Å²) in [5.41, 5.74) is 4.49. The van der Waals surface area contributed by atoms with E-state index in [-0.39, 0.29) is 5.91 Å². The molecule has 2 aromatic heterocycles. The van der Waals surface area contributed by atoms with Crippen LogP contribution >= 0.6 is 0 Å². The maximum absolute atomic E-state index is 11.4. The number of carbonyl (C=O) groups is 1. The maximum Gasteiger partial charge on any atom is 0.221 e. The lowest BCUT2D eigenvalue weighted by molar-refractivity contribution is -0.120. The van der Waals surface area contributed by atoms with Gasteiger partial charge in [-0.2, -0.15) is 0 Å². The average molecular weight is 361 g/mol. The Balaban J connectivity index is 1.39. The fourth-order valence-electron chi connectivity index (χ4n) is 3.29. The second kappa shape index (κ2) is 8.14. The lowest BCUT2D eigenvalue weighted by atomic mass is 10.1. The first-order chi connectivity index (χ1) is 13.3. The molecule has 3 aromatic rings. The molecule has 1 aromatic carbocycles. The van der Waals surface area contributed by atoms with E-state index in [2.05, 4.69) is 56.6 Å². The summed E-state index contributed by atoms with van der Waals surface area (Å²) in [7, 11) is 0. The van der Waals surface area contributed by atoms with Gasteiger partial charge in [0.1, 0.15) is 0 Å². The highest BCUT2D eigenvalue weighted by Gasteiger charge is 2.13. The Morgan fingerprint density at radius 1 is 1.00 bits per heavy atom. The second-order valence-corrected chi connectivity index (χ2v) is 6.86. The van der Waals surface area contributed by atoms with Crippen molar-refractivity contribution in [2.24, 2.45) is 0 Å². The van der Waals surface area contributed by atoms with E-state index in [1.54, 1.807) is 6.20 Å². The average Bonchev–Trinajstić information content (AvgIpc) is 3.12. The third-order valence-corrected chi connectivity index (χ3v) is 4.81. The molecule has 0 aliphatic carbocycles. The monoisotopic (exact) mass is 361 g/mol. The normalized spacial score (nSPS) is 15.3. The predicted molar refractivity (Wildman–Crippen MR) is 104 cm³/mol. The molecule has 27 heavy (non-hydrogen) atoms. The van der Waals surface area contributed by atoms with Crippen LogP contribution in [0, 0.1) is 0 Å². The van der Waals surface area contributed by atoms with Gasteiger partial charge in [-0.25, -0.2) is 4.98 Å². The zero-order chi connectivity index (χ0) is 18.5. The van der Waals surface area contributed by atoms with Crippen molar-refractivity contribution in [3.63, 3.8) is 0 Å². The van der Waals surface area contributed by atoms with Gasteiger partial charge in [-0.1, -0.05) is 30.3 Å². The summed E-state index contributed by atoms with van der Waals surface area (Å²) in [6.07, 6.45) is 8.03. The van der Waals surface area contributed by atoms with Gasteiger partial charge in [0.2, 0.25) is 5.91 Å². The molecule has 1 aliphatic heterocycles. The number of carbonyl (C=O) groups excluding carboxylic acids is 1. The molecule has 1 amide bonds. The second-order valence-electron chi connectivity index (χ2n) is 6.86. The highest BCUT2D eigenvalue weighted by molar-refractivity contribution is 5.76. The quantitative estimate of drug-likeness (QED) is 0.758. The van der Waals surface area contributed by atoms with Gasteiger partial charge in [0, 0.05) is 63.3 Å². The Hall–Kier alpha value is -2.99. The minimum absolute atomic E-state index is 0.149. The number of hydrogen-bond acceptors (Lipinski definition) is 4. The van der Waals surface area contributed by atoms with Gasteiger partial charge in [0.05, 0.1) is 12.0 Å². The molecule has 6 nitrogen and oxygen atoms in total. The molecule has 0 bridgehead atoms. The number of nitrogens with zero attached hydrogens (tertiary/aromatic N) is 4. The van der Waals surface area contributed by atoms with E-state index >= 15 is 0 Å². The summed E-state index contributed by atoms with van der Waals surface area (Å²) in [6, 6.07) is 12.7. The van der Waals surface area contributed by atoms with Crippen LogP contribution in [-0.2, 0) is 17.9 Å². The van der Waals surface area contributed by atoms with Gasteiger partial charge in [-0.05, 0) is 17.2 Å². The van der Waals surface area contributed by atoms with Gasteiger partial charge in [0.15, 0.2) is 0 Å². The summed E-state index contributed by atoms with van der Waals surface area (Å²) in [5.74, 6) is 0.149. The van der Waals surface area contributed by atoms with Crippen molar-refractivity contribution >= 4 is 5.91 Å². The summed E-state index contributed by atoms with van der Waals surface area (Å²) < 4.78 is 2.03. The number of nitrogens with one attached hydrogen (secondary N) is 1. The van der Waals surface area contributed by atoms with Crippen LogP contribution in [-0.4, -0.2) is 45.0 Å². The standard InChI is InChI=1S/C21H23N5O/c27-21-7-10-25(12-9-23-21)14-17-1-4-19(5-2-17)20-6-3-18(13-24-20)15-26-11-8-22-16-26/h1-6,8,11,13,16H,7,9-10,12,14-15H2,(H,23,27).